The molecular weight excluding hydrogens is 262 g/mol. The summed E-state index contributed by atoms with van der Waals surface area (Å²) >= 11 is 0. The molecule has 0 spiro atoms. The van der Waals surface area contributed by atoms with E-state index in [-0.39, 0.29) is 0 Å². The van der Waals surface area contributed by atoms with Gasteiger partial charge in [-0.15, -0.1) is 0 Å². The van der Waals surface area contributed by atoms with Crippen molar-refractivity contribution in [2.45, 2.75) is 57.2 Å². The molecule has 122 valence electrons. The lowest BCUT2D eigenvalue weighted by molar-refractivity contribution is 0.0159. The van der Waals surface area contributed by atoms with Gasteiger partial charge in [0, 0.05) is 44.3 Å². The van der Waals surface area contributed by atoms with Crippen molar-refractivity contribution in [3.8, 4) is 0 Å². The Hall–Kier alpha value is -0.160. The number of hydrogen-bond donors (Lipinski definition) is 1. The highest BCUT2D eigenvalue weighted by molar-refractivity contribution is 4.95. The summed E-state index contributed by atoms with van der Waals surface area (Å²) in [5.41, 5.74) is 0. The van der Waals surface area contributed by atoms with Gasteiger partial charge in [0.05, 0.1) is 13.2 Å². The molecule has 4 heteroatoms. The van der Waals surface area contributed by atoms with Crippen LogP contribution in [-0.2, 0) is 4.74 Å². The Labute approximate surface area is 130 Å². The molecule has 0 bridgehead atoms. The Kier molecular flexibility index (Phi) is 5.54. The number of ether oxygens (including phenoxy) is 1. The maximum Gasteiger partial charge on any atom is 0.0594 e. The van der Waals surface area contributed by atoms with Gasteiger partial charge in [-0.2, -0.15) is 0 Å². The summed E-state index contributed by atoms with van der Waals surface area (Å²) in [5.74, 6) is 0.946. The summed E-state index contributed by atoms with van der Waals surface area (Å²) < 4.78 is 5.50. The van der Waals surface area contributed by atoms with Crippen molar-refractivity contribution in [3.63, 3.8) is 0 Å². The number of likely N-dealkylation sites (tertiary alicyclic amines) is 1. The summed E-state index contributed by atoms with van der Waals surface area (Å²) in [5, 5.41) is 3.59. The number of rotatable bonds is 4. The van der Waals surface area contributed by atoms with Crippen LogP contribution in [0.1, 0.15) is 39.0 Å². The van der Waals surface area contributed by atoms with E-state index in [1.165, 1.54) is 45.2 Å². The van der Waals surface area contributed by atoms with Crippen molar-refractivity contribution in [3.05, 3.63) is 0 Å². The van der Waals surface area contributed by atoms with Crippen LogP contribution in [-0.4, -0.2) is 74.4 Å². The summed E-state index contributed by atoms with van der Waals surface area (Å²) in [6.45, 7) is 9.06. The van der Waals surface area contributed by atoms with Crippen molar-refractivity contribution < 1.29 is 4.74 Å². The normalized spacial score (nSPS) is 39.7. The zero-order chi connectivity index (χ0) is 14.7. The second-order valence-corrected chi connectivity index (χ2v) is 7.14. The molecule has 0 radical (unpaired) electrons. The third kappa shape index (κ3) is 3.61. The first-order valence-electron chi connectivity index (χ1n) is 9.05. The topological polar surface area (TPSA) is 27.7 Å². The molecule has 1 saturated carbocycles. The van der Waals surface area contributed by atoms with E-state index in [0.29, 0.717) is 6.04 Å². The Bertz CT molecular complexity index is 319. The molecule has 0 amide bonds. The maximum atomic E-state index is 5.50. The molecule has 3 aliphatic rings. The van der Waals surface area contributed by atoms with Crippen molar-refractivity contribution in [2.75, 3.05) is 46.4 Å². The van der Waals surface area contributed by atoms with Crippen LogP contribution in [0, 0.1) is 5.92 Å². The van der Waals surface area contributed by atoms with Crippen LogP contribution in [0.15, 0.2) is 0 Å². The van der Waals surface area contributed by atoms with Crippen LogP contribution in [0.3, 0.4) is 0 Å². The quantitative estimate of drug-likeness (QED) is 0.852. The predicted molar refractivity (Wildman–Crippen MR) is 86.6 cm³/mol. The van der Waals surface area contributed by atoms with E-state index >= 15 is 0 Å². The standard InChI is InChI=1S/C17H33N3O/c1-3-14-4-5-16(18-2)17(12-14)20-7-6-15(13-20)19-8-10-21-11-9-19/h14-18H,3-13H2,1-2H3. The second kappa shape index (κ2) is 7.40. The summed E-state index contributed by atoms with van der Waals surface area (Å²) in [6, 6.07) is 2.24. The molecule has 21 heavy (non-hydrogen) atoms. The molecule has 2 aliphatic heterocycles. The highest BCUT2D eigenvalue weighted by atomic mass is 16.5. The number of hydrogen-bond acceptors (Lipinski definition) is 4. The Morgan fingerprint density at radius 2 is 1.86 bits per heavy atom. The van der Waals surface area contributed by atoms with Gasteiger partial charge in [0.25, 0.3) is 0 Å². The lowest BCUT2D eigenvalue weighted by Crippen LogP contribution is -2.53. The number of morpholine rings is 1. The van der Waals surface area contributed by atoms with E-state index in [2.05, 4.69) is 29.1 Å². The molecule has 3 rings (SSSR count). The fourth-order valence-corrected chi connectivity index (χ4v) is 4.65. The van der Waals surface area contributed by atoms with Crippen molar-refractivity contribution in [1.82, 2.24) is 15.1 Å². The molecular formula is C17H33N3O. The van der Waals surface area contributed by atoms with E-state index in [1.54, 1.807) is 0 Å². The molecule has 2 saturated heterocycles. The number of nitrogens with zero attached hydrogens (tertiary/aromatic N) is 2. The van der Waals surface area contributed by atoms with Crippen LogP contribution in [0.25, 0.3) is 0 Å². The minimum absolute atomic E-state index is 0.705. The van der Waals surface area contributed by atoms with E-state index in [1.807, 2.05) is 0 Å². The smallest absolute Gasteiger partial charge is 0.0594 e. The molecule has 2 heterocycles. The lowest BCUT2D eigenvalue weighted by Gasteiger charge is -2.41. The molecule has 1 aliphatic carbocycles. The molecule has 4 unspecified atom stereocenters. The monoisotopic (exact) mass is 295 g/mol. The van der Waals surface area contributed by atoms with Gasteiger partial charge < -0.3 is 10.1 Å². The molecule has 0 aromatic carbocycles. The maximum absolute atomic E-state index is 5.50. The van der Waals surface area contributed by atoms with Gasteiger partial charge in [-0.25, -0.2) is 0 Å². The van der Waals surface area contributed by atoms with E-state index in [0.717, 1.165) is 44.3 Å². The lowest BCUT2D eigenvalue weighted by atomic mass is 9.80. The van der Waals surface area contributed by atoms with Gasteiger partial charge in [-0.1, -0.05) is 13.3 Å². The Morgan fingerprint density at radius 1 is 1.05 bits per heavy atom. The molecule has 0 aromatic heterocycles. The average molecular weight is 295 g/mol. The van der Waals surface area contributed by atoms with E-state index in [4.69, 9.17) is 4.74 Å². The third-order valence-corrected chi connectivity index (χ3v) is 6.10. The summed E-state index contributed by atoms with van der Waals surface area (Å²) in [4.78, 5) is 5.46. The van der Waals surface area contributed by atoms with Crippen molar-refractivity contribution in [1.29, 1.82) is 0 Å². The van der Waals surface area contributed by atoms with Crippen molar-refractivity contribution in [2.24, 2.45) is 5.92 Å². The second-order valence-electron chi connectivity index (χ2n) is 7.14. The molecule has 3 fully saturated rings. The summed E-state index contributed by atoms with van der Waals surface area (Å²) in [7, 11) is 2.15. The van der Waals surface area contributed by atoms with Crippen molar-refractivity contribution >= 4 is 0 Å². The van der Waals surface area contributed by atoms with Gasteiger partial charge in [-0.3, -0.25) is 9.80 Å². The molecule has 1 N–H and O–H groups in total. The SMILES string of the molecule is CCC1CCC(NC)C(N2CCC(N3CCOCC3)C2)C1. The largest absolute Gasteiger partial charge is 0.379 e. The van der Waals surface area contributed by atoms with E-state index in [9.17, 15) is 0 Å². The van der Waals surface area contributed by atoms with Crippen LogP contribution in [0.4, 0.5) is 0 Å². The van der Waals surface area contributed by atoms with Crippen LogP contribution >= 0.6 is 0 Å². The van der Waals surface area contributed by atoms with Gasteiger partial charge in [0.15, 0.2) is 0 Å². The highest BCUT2D eigenvalue weighted by Crippen LogP contribution is 2.32. The summed E-state index contributed by atoms with van der Waals surface area (Å²) in [6.07, 6.45) is 6.88. The Morgan fingerprint density at radius 3 is 2.57 bits per heavy atom. The zero-order valence-electron chi connectivity index (χ0n) is 13.9. The number of likely N-dealkylation sites (N-methyl/N-ethyl adjacent to an activating group) is 1. The number of nitrogens with one attached hydrogen (secondary N) is 1. The van der Waals surface area contributed by atoms with Gasteiger partial charge >= 0.3 is 0 Å². The predicted octanol–water partition coefficient (Wildman–Crippen LogP) is 1.56. The molecule has 4 atom stereocenters. The van der Waals surface area contributed by atoms with Gasteiger partial charge in [-0.05, 0) is 38.6 Å². The highest BCUT2D eigenvalue weighted by Gasteiger charge is 2.38. The first-order valence-corrected chi connectivity index (χ1v) is 9.05. The van der Waals surface area contributed by atoms with Gasteiger partial charge in [0.2, 0.25) is 0 Å². The van der Waals surface area contributed by atoms with Crippen LogP contribution < -0.4 is 5.32 Å². The van der Waals surface area contributed by atoms with E-state index < -0.39 is 0 Å². The van der Waals surface area contributed by atoms with Crippen LogP contribution in [0.5, 0.6) is 0 Å². The Balaban J connectivity index is 1.57. The van der Waals surface area contributed by atoms with Crippen LogP contribution in [0.2, 0.25) is 0 Å². The third-order valence-electron chi connectivity index (χ3n) is 6.10. The average Bonchev–Trinajstić information content (AvgIpc) is 3.05. The van der Waals surface area contributed by atoms with Gasteiger partial charge in [0.1, 0.15) is 0 Å². The minimum Gasteiger partial charge on any atom is -0.379 e. The zero-order valence-corrected chi connectivity index (χ0v) is 13.9. The molecule has 0 aromatic rings. The first-order chi connectivity index (χ1) is 10.3. The first kappa shape index (κ1) is 15.7. The molecule has 4 nitrogen and oxygen atoms in total. The minimum atomic E-state index is 0.705. The fraction of sp³-hybridized carbons (Fsp3) is 1.00. The fourth-order valence-electron chi connectivity index (χ4n) is 4.65.